The van der Waals surface area contributed by atoms with E-state index in [0.29, 0.717) is 12.0 Å². The van der Waals surface area contributed by atoms with Gasteiger partial charge in [-0.05, 0) is 63.1 Å². The summed E-state index contributed by atoms with van der Waals surface area (Å²) >= 11 is 0. The number of hydrogen-bond donors (Lipinski definition) is 1. The van der Waals surface area contributed by atoms with Gasteiger partial charge >= 0.3 is 0 Å². The molecule has 1 aliphatic carbocycles. The van der Waals surface area contributed by atoms with Crippen LogP contribution in [-0.4, -0.2) is 54.9 Å². The smallest absolute Gasteiger partial charge is 0.250 e. The molecule has 0 aromatic carbocycles. The molecule has 0 amide bonds. The Morgan fingerprint density at radius 2 is 2.04 bits per heavy atom. The lowest BCUT2D eigenvalue weighted by Crippen LogP contribution is -2.40. The van der Waals surface area contributed by atoms with Crippen LogP contribution in [0.15, 0.2) is 16.9 Å². The summed E-state index contributed by atoms with van der Waals surface area (Å²) in [4.78, 5) is 14.9. The molecule has 0 spiro atoms. The van der Waals surface area contributed by atoms with Crippen molar-refractivity contribution in [2.75, 3.05) is 39.4 Å². The van der Waals surface area contributed by atoms with Crippen LogP contribution in [0.3, 0.4) is 0 Å². The van der Waals surface area contributed by atoms with Crippen molar-refractivity contribution in [1.29, 1.82) is 0 Å². The van der Waals surface area contributed by atoms with Gasteiger partial charge in [-0.3, -0.25) is 4.79 Å². The third kappa shape index (κ3) is 4.15. The maximum absolute atomic E-state index is 12.4. The van der Waals surface area contributed by atoms with E-state index in [4.69, 9.17) is 4.74 Å². The molecule has 1 aromatic heterocycles. The van der Waals surface area contributed by atoms with Crippen LogP contribution in [0.4, 0.5) is 0 Å². The van der Waals surface area contributed by atoms with Crippen molar-refractivity contribution < 1.29 is 4.74 Å². The van der Waals surface area contributed by atoms with Crippen LogP contribution in [0, 0.1) is 5.92 Å². The Bertz CT molecular complexity index is 630. The van der Waals surface area contributed by atoms with Gasteiger partial charge in [-0.15, -0.1) is 0 Å². The SMILES string of the molecule is O=c1ccc2c(n1CCN1CCCC1)CCC(NCC1CCOC1)C2. The molecule has 2 unspecified atom stereocenters. The number of hydrogen-bond acceptors (Lipinski definition) is 4. The first kappa shape index (κ1) is 17.3. The molecule has 138 valence electrons. The molecule has 25 heavy (non-hydrogen) atoms. The number of likely N-dealkylation sites (tertiary alicyclic amines) is 1. The molecule has 2 aliphatic heterocycles. The summed E-state index contributed by atoms with van der Waals surface area (Å²) < 4.78 is 7.52. The number of ether oxygens (including phenoxy) is 1. The van der Waals surface area contributed by atoms with E-state index in [2.05, 4.69) is 20.9 Å². The van der Waals surface area contributed by atoms with Gasteiger partial charge in [0.2, 0.25) is 0 Å². The number of fused-ring (bicyclic) bond motifs is 1. The molecule has 1 N–H and O–H groups in total. The highest BCUT2D eigenvalue weighted by molar-refractivity contribution is 5.25. The van der Waals surface area contributed by atoms with Crippen LogP contribution in [0.25, 0.3) is 0 Å². The molecule has 3 heterocycles. The maximum Gasteiger partial charge on any atom is 0.250 e. The predicted molar refractivity (Wildman–Crippen MR) is 99.1 cm³/mol. The Hall–Kier alpha value is -1.17. The zero-order valence-electron chi connectivity index (χ0n) is 15.2. The summed E-state index contributed by atoms with van der Waals surface area (Å²) in [5.74, 6) is 0.677. The molecule has 0 saturated carbocycles. The second kappa shape index (κ2) is 8.02. The zero-order valence-corrected chi connectivity index (χ0v) is 15.2. The van der Waals surface area contributed by atoms with Gasteiger partial charge in [-0.25, -0.2) is 0 Å². The van der Waals surface area contributed by atoms with E-state index < -0.39 is 0 Å². The molecule has 5 nitrogen and oxygen atoms in total. The third-order valence-electron chi connectivity index (χ3n) is 6.14. The summed E-state index contributed by atoms with van der Waals surface area (Å²) in [5.41, 5.74) is 2.83. The Balaban J connectivity index is 1.38. The summed E-state index contributed by atoms with van der Waals surface area (Å²) in [6.07, 6.45) is 7.00. The molecule has 0 radical (unpaired) electrons. The average Bonchev–Trinajstić information content (AvgIpc) is 3.33. The Labute approximate surface area is 150 Å². The summed E-state index contributed by atoms with van der Waals surface area (Å²) in [6, 6.07) is 4.38. The summed E-state index contributed by atoms with van der Waals surface area (Å²) in [7, 11) is 0. The van der Waals surface area contributed by atoms with Gasteiger partial charge < -0.3 is 19.5 Å². The highest BCUT2D eigenvalue weighted by atomic mass is 16.5. The second-order valence-corrected chi connectivity index (χ2v) is 7.92. The predicted octanol–water partition coefficient (Wildman–Crippen LogP) is 1.43. The highest BCUT2D eigenvalue weighted by Crippen LogP contribution is 2.21. The molecular weight excluding hydrogens is 314 g/mol. The quantitative estimate of drug-likeness (QED) is 0.847. The molecule has 4 rings (SSSR count). The van der Waals surface area contributed by atoms with Gasteiger partial charge in [0, 0.05) is 44.0 Å². The van der Waals surface area contributed by atoms with Crippen molar-refractivity contribution in [1.82, 2.24) is 14.8 Å². The van der Waals surface area contributed by atoms with E-state index in [1.165, 1.54) is 43.6 Å². The minimum absolute atomic E-state index is 0.174. The van der Waals surface area contributed by atoms with Crippen LogP contribution < -0.4 is 10.9 Å². The first-order chi connectivity index (χ1) is 12.3. The van der Waals surface area contributed by atoms with Crippen LogP contribution in [0.2, 0.25) is 0 Å². The minimum Gasteiger partial charge on any atom is -0.381 e. The third-order valence-corrected chi connectivity index (χ3v) is 6.14. The lowest BCUT2D eigenvalue weighted by Gasteiger charge is -2.29. The topological polar surface area (TPSA) is 46.5 Å². The monoisotopic (exact) mass is 345 g/mol. The normalized spacial score (nSPS) is 26.9. The fourth-order valence-electron chi connectivity index (χ4n) is 4.57. The first-order valence-corrected chi connectivity index (χ1v) is 10.0. The van der Waals surface area contributed by atoms with Crippen molar-refractivity contribution in [3.05, 3.63) is 33.7 Å². The zero-order chi connectivity index (χ0) is 17.1. The van der Waals surface area contributed by atoms with Gasteiger partial charge in [-0.2, -0.15) is 0 Å². The van der Waals surface area contributed by atoms with E-state index in [9.17, 15) is 4.79 Å². The summed E-state index contributed by atoms with van der Waals surface area (Å²) in [6.45, 7) is 7.14. The highest BCUT2D eigenvalue weighted by Gasteiger charge is 2.23. The molecule has 5 heteroatoms. The van der Waals surface area contributed by atoms with E-state index in [0.717, 1.165) is 52.1 Å². The minimum atomic E-state index is 0.174. The van der Waals surface area contributed by atoms with E-state index in [1.54, 1.807) is 6.07 Å². The number of nitrogens with one attached hydrogen (secondary N) is 1. The van der Waals surface area contributed by atoms with E-state index in [1.807, 2.05) is 0 Å². The van der Waals surface area contributed by atoms with Gasteiger partial charge in [0.15, 0.2) is 0 Å². The molecular formula is C20H31N3O2. The van der Waals surface area contributed by atoms with Gasteiger partial charge in [0.25, 0.3) is 5.56 Å². The summed E-state index contributed by atoms with van der Waals surface area (Å²) in [5, 5.41) is 3.74. The molecule has 2 fully saturated rings. The second-order valence-electron chi connectivity index (χ2n) is 7.92. The Kier molecular flexibility index (Phi) is 5.54. The molecule has 0 bridgehead atoms. The Morgan fingerprint density at radius 1 is 1.16 bits per heavy atom. The fraction of sp³-hybridized carbons (Fsp3) is 0.750. The maximum atomic E-state index is 12.4. The van der Waals surface area contributed by atoms with Crippen molar-refractivity contribution in [3.63, 3.8) is 0 Å². The lowest BCUT2D eigenvalue weighted by molar-refractivity contribution is 0.184. The van der Waals surface area contributed by atoms with Crippen LogP contribution in [-0.2, 0) is 24.1 Å². The molecule has 3 aliphatic rings. The van der Waals surface area contributed by atoms with Crippen molar-refractivity contribution in [2.24, 2.45) is 5.92 Å². The Morgan fingerprint density at radius 3 is 2.84 bits per heavy atom. The van der Waals surface area contributed by atoms with Crippen molar-refractivity contribution in [2.45, 2.75) is 51.1 Å². The number of nitrogens with zero attached hydrogens (tertiary/aromatic N) is 2. The van der Waals surface area contributed by atoms with Crippen LogP contribution >= 0.6 is 0 Å². The molecule has 1 aromatic rings. The van der Waals surface area contributed by atoms with Gasteiger partial charge in [0.05, 0.1) is 6.61 Å². The van der Waals surface area contributed by atoms with Crippen molar-refractivity contribution >= 4 is 0 Å². The van der Waals surface area contributed by atoms with Crippen molar-refractivity contribution in [3.8, 4) is 0 Å². The first-order valence-electron chi connectivity index (χ1n) is 10.0. The van der Waals surface area contributed by atoms with Gasteiger partial charge in [0.1, 0.15) is 0 Å². The van der Waals surface area contributed by atoms with Crippen LogP contribution in [0.5, 0.6) is 0 Å². The number of rotatable bonds is 6. The van der Waals surface area contributed by atoms with Gasteiger partial charge in [-0.1, -0.05) is 6.07 Å². The lowest BCUT2D eigenvalue weighted by atomic mass is 9.91. The largest absolute Gasteiger partial charge is 0.381 e. The fourth-order valence-corrected chi connectivity index (χ4v) is 4.57. The van der Waals surface area contributed by atoms with E-state index in [-0.39, 0.29) is 5.56 Å². The van der Waals surface area contributed by atoms with Crippen LogP contribution in [0.1, 0.15) is 36.9 Å². The number of pyridine rings is 1. The molecule has 2 atom stereocenters. The molecule has 2 saturated heterocycles. The standard InChI is InChI=1S/C20H31N3O2/c24-20-6-3-17-13-18(21-14-16-7-12-25-15-16)4-5-19(17)23(20)11-10-22-8-1-2-9-22/h3,6,16,18,21H,1-2,4-5,7-15H2. The van der Waals surface area contributed by atoms with E-state index >= 15 is 0 Å². The average molecular weight is 345 g/mol. The number of aromatic nitrogens is 1.